The van der Waals surface area contributed by atoms with Crippen LogP contribution in [0.2, 0.25) is 0 Å². The van der Waals surface area contributed by atoms with Crippen LogP contribution in [0.3, 0.4) is 0 Å². The molecule has 8 nitrogen and oxygen atoms in total. The van der Waals surface area contributed by atoms with Gasteiger partial charge in [-0.05, 0) is 36.2 Å². The van der Waals surface area contributed by atoms with Gasteiger partial charge in [0.15, 0.2) is 0 Å². The molecule has 2 aromatic carbocycles. The molecule has 4 rings (SSSR count). The highest BCUT2D eigenvalue weighted by molar-refractivity contribution is 5.97. The predicted octanol–water partition coefficient (Wildman–Crippen LogP) is 1.33. The number of hydrazine groups is 1. The first-order valence-corrected chi connectivity index (χ1v) is 9.55. The molecule has 0 saturated heterocycles. The van der Waals surface area contributed by atoms with E-state index >= 15 is 0 Å². The third kappa shape index (κ3) is 3.93. The lowest BCUT2D eigenvalue weighted by Gasteiger charge is -2.26. The van der Waals surface area contributed by atoms with Crippen LogP contribution in [0.5, 0.6) is 5.75 Å². The van der Waals surface area contributed by atoms with Crippen molar-refractivity contribution in [3.63, 3.8) is 0 Å². The number of rotatable bonds is 6. The number of amidine groups is 1. The maximum atomic E-state index is 12.4. The maximum Gasteiger partial charge on any atom is 0.265 e. The highest BCUT2D eigenvalue weighted by Gasteiger charge is 2.27. The van der Waals surface area contributed by atoms with Gasteiger partial charge in [0.2, 0.25) is 5.91 Å². The molecule has 0 aromatic heterocycles. The van der Waals surface area contributed by atoms with Gasteiger partial charge in [-0.2, -0.15) is 0 Å². The quantitative estimate of drug-likeness (QED) is 0.373. The Morgan fingerprint density at radius 2 is 2.07 bits per heavy atom. The number of nitrogens with one attached hydrogen (secondary N) is 4. The molecule has 8 heteroatoms. The Kier molecular flexibility index (Phi) is 5.18. The first-order chi connectivity index (χ1) is 14.0. The zero-order valence-corrected chi connectivity index (χ0v) is 15.8. The Bertz CT molecular complexity index is 975. The van der Waals surface area contributed by atoms with E-state index < -0.39 is 0 Å². The number of nitrogens with two attached hydrogens (primary N) is 1. The van der Waals surface area contributed by atoms with Crippen LogP contribution in [0.4, 0.5) is 0 Å². The molecule has 29 heavy (non-hydrogen) atoms. The van der Waals surface area contributed by atoms with Crippen LogP contribution in [0.1, 0.15) is 51.8 Å². The Hall–Kier alpha value is -3.39. The maximum absolute atomic E-state index is 12.4. The molecule has 2 amide bonds. The van der Waals surface area contributed by atoms with Gasteiger partial charge < -0.3 is 15.8 Å². The second kappa shape index (κ2) is 7.92. The number of ether oxygens (including phenoxy) is 1. The summed E-state index contributed by atoms with van der Waals surface area (Å²) < 4.78 is 5.70. The number of hydrogen-bond donors (Lipinski definition) is 5. The van der Waals surface area contributed by atoms with Gasteiger partial charge in [0.1, 0.15) is 11.6 Å². The summed E-state index contributed by atoms with van der Waals surface area (Å²) in [5.41, 5.74) is 14.2. The second-order valence-corrected chi connectivity index (χ2v) is 7.26. The normalized spacial score (nSPS) is 19.5. The Balaban J connectivity index is 1.32. The van der Waals surface area contributed by atoms with E-state index in [1.54, 1.807) is 18.2 Å². The minimum absolute atomic E-state index is 0.0270. The number of nitrogen functional groups attached to an aromatic ring is 1. The van der Waals surface area contributed by atoms with Crippen molar-refractivity contribution in [1.82, 2.24) is 16.2 Å². The van der Waals surface area contributed by atoms with Crippen LogP contribution in [0, 0.1) is 5.41 Å². The molecule has 2 aromatic rings. The summed E-state index contributed by atoms with van der Waals surface area (Å²) in [6.07, 6.45) is 0.953. The van der Waals surface area contributed by atoms with Crippen molar-refractivity contribution in [3.05, 3.63) is 64.7 Å². The number of carbonyl (C=O) groups excluding carboxylic acids is 2. The molecule has 0 bridgehead atoms. The van der Waals surface area contributed by atoms with Crippen molar-refractivity contribution in [2.45, 2.75) is 24.8 Å². The van der Waals surface area contributed by atoms with Crippen LogP contribution in [0.15, 0.2) is 42.5 Å². The van der Waals surface area contributed by atoms with E-state index in [0.717, 1.165) is 23.3 Å². The standard InChI is InChI=1S/C21H23N5O3/c22-20(23)12-5-6-18-16(9-12)13(11-29-18)7-8-24-19(27)10-17-14-3-1-2-4-15(14)21(28)26-25-17/h1-6,9,13,17,25H,7-8,10-11H2,(H3,22,23)(H,24,27)(H,26,28). The molecule has 6 N–H and O–H groups in total. The summed E-state index contributed by atoms with van der Waals surface area (Å²) in [6.45, 7) is 1.06. The third-order valence-electron chi connectivity index (χ3n) is 5.35. The molecule has 0 spiro atoms. The topological polar surface area (TPSA) is 129 Å². The number of hydrogen-bond acceptors (Lipinski definition) is 5. The van der Waals surface area contributed by atoms with Crippen LogP contribution in [-0.4, -0.2) is 30.8 Å². The average Bonchev–Trinajstić information content (AvgIpc) is 3.12. The summed E-state index contributed by atoms with van der Waals surface area (Å²) in [5.74, 6) is 0.703. The Labute approximate surface area is 168 Å². The average molecular weight is 393 g/mol. The van der Waals surface area contributed by atoms with Crippen LogP contribution in [-0.2, 0) is 4.79 Å². The minimum atomic E-state index is -0.266. The van der Waals surface area contributed by atoms with E-state index in [-0.39, 0.29) is 36.0 Å². The lowest BCUT2D eigenvalue weighted by atomic mass is 9.95. The van der Waals surface area contributed by atoms with Gasteiger partial charge in [-0.1, -0.05) is 18.2 Å². The molecular weight excluding hydrogens is 370 g/mol. The van der Waals surface area contributed by atoms with Gasteiger partial charge >= 0.3 is 0 Å². The minimum Gasteiger partial charge on any atom is -0.493 e. The van der Waals surface area contributed by atoms with Gasteiger partial charge in [0.25, 0.3) is 5.91 Å². The zero-order chi connectivity index (χ0) is 20.4. The molecule has 2 unspecified atom stereocenters. The van der Waals surface area contributed by atoms with Crippen molar-refractivity contribution in [3.8, 4) is 5.75 Å². The van der Waals surface area contributed by atoms with Gasteiger partial charge in [-0.3, -0.25) is 20.4 Å². The van der Waals surface area contributed by atoms with Gasteiger partial charge in [-0.15, -0.1) is 0 Å². The molecule has 2 aliphatic heterocycles. The number of fused-ring (bicyclic) bond motifs is 2. The van der Waals surface area contributed by atoms with Crippen molar-refractivity contribution in [1.29, 1.82) is 5.41 Å². The molecule has 0 saturated carbocycles. The molecule has 0 radical (unpaired) electrons. The highest BCUT2D eigenvalue weighted by atomic mass is 16.5. The molecule has 2 atom stereocenters. The van der Waals surface area contributed by atoms with E-state index in [0.29, 0.717) is 24.3 Å². The summed E-state index contributed by atoms with van der Waals surface area (Å²) in [5, 5.41) is 10.5. The fourth-order valence-corrected chi connectivity index (χ4v) is 3.80. The third-order valence-corrected chi connectivity index (χ3v) is 5.35. The predicted molar refractivity (Wildman–Crippen MR) is 108 cm³/mol. The number of carbonyl (C=O) groups is 2. The largest absolute Gasteiger partial charge is 0.493 e. The monoisotopic (exact) mass is 393 g/mol. The van der Waals surface area contributed by atoms with Gasteiger partial charge in [-0.25, -0.2) is 5.43 Å². The second-order valence-electron chi connectivity index (χ2n) is 7.26. The molecule has 150 valence electrons. The lowest BCUT2D eigenvalue weighted by Crippen LogP contribution is -2.46. The van der Waals surface area contributed by atoms with Crippen LogP contribution >= 0.6 is 0 Å². The molecule has 0 aliphatic carbocycles. The zero-order valence-electron chi connectivity index (χ0n) is 15.8. The SMILES string of the molecule is N=C(N)c1ccc2c(c1)C(CCNC(=O)CC1NNC(=O)c3ccccc31)CO2. The lowest BCUT2D eigenvalue weighted by molar-refractivity contribution is -0.121. The molecule has 0 fully saturated rings. The summed E-state index contributed by atoms with van der Waals surface area (Å²) >= 11 is 0. The molecule has 2 heterocycles. The van der Waals surface area contributed by atoms with Crippen molar-refractivity contribution in [2.24, 2.45) is 5.73 Å². The van der Waals surface area contributed by atoms with Crippen molar-refractivity contribution < 1.29 is 14.3 Å². The Morgan fingerprint density at radius 1 is 1.24 bits per heavy atom. The van der Waals surface area contributed by atoms with Crippen molar-refractivity contribution in [2.75, 3.05) is 13.2 Å². The van der Waals surface area contributed by atoms with Crippen LogP contribution < -0.4 is 26.6 Å². The summed E-state index contributed by atoms with van der Waals surface area (Å²) in [6, 6.07) is 12.5. The van der Waals surface area contributed by atoms with Crippen LogP contribution in [0.25, 0.3) is 0 Å². The summed E-state index contributed by atoms with van der Waals surface area (Å²) in [4.78, 5) is 24.3. The molecule has 2 aliphatic rings. The van der Waals surface area contributed by atoms with E-state index in [1.807, 2.05) is 24.3 Å². The Morgan fingerprint density at radius 3 is 2.90 bits per heavy atom. The fraction of sp³-hybridized carbons (Fsp3) is 0.286. The van der Waals surface area contributed by atoms with E-state index in [1.165, 1.54) is 0 Å². The number of benzene rings is 2. The van der Waals surface area contributed by atoms with Crippen molar-refractivity contribution >= 4 is 17.6 Å². The number of amides is 2. The smallest absolute Gasteiger partial charge is 0.265 e. The first kappa shape index (κ1) is 18.9. The van der Waals surface area contributed by atoms with E-state index in [2.05, 4.69) is 16.2 Å². The van der Waals surface area contributed by atoms with Gasteiger partial charge in [0.05, 0.1) is 12.6 Å². The van der Waals surface area contributed by atoms with E-state index in [9.17, 15) is 9.59 Å². The van der Waals surface area contributed by atoms with Gasteiger partial charge in [0, 0.05) is 35.6 Å². The highest BCUT2D eigenvalue weighted by Crippen LogP contribution is 2.36. The fourth-order valence-electron chi connectivity index (χ4n) is 3.80. The molecular formula is C21H23N5O3. The first-order valence-electron chi connectivity index (χ1n) is 9.55. The summed E-state index contributed by atoms with van der Waals surface area (Å²) in [7, 11) is 0. The van der Waals surface area contributed by atoms with E-state index in [4.69, 9.17) is 15.9 Å².